The number of benzene rings is 1. The molecule has 1 heterocycles. The number of unbranched alkanes of at least 4 members (excludes halogenated alkanes) is 7. The zero-order valence-corrected chi connectivity index (χ0v) is 21.3. The molecule has 15 heteroatoms. The summed E-state index contributed by atoms with van der Waals surface area (Å²) in [5.74, 6) is -3.07. The van der Waals surface area contributed by atoms with Crippen molar-refractivity contribution in [3.8, 4) is 0 Å². The molecule has 208 valence electrons. The molecule has 1 aliphatic rings. The molecule has 0 radical (unpaired) electrons. The Morgan fingerprint density at radius 1 is 1.11 bits per heavy atom. The van der Waals surface area contributed by atoms with Crippen LogP contribution in [0.25, 0.3) is 0 Å². The van der Waals surface area contributed by atoms with E-state index in [2.05, 4.69) is 10.2 Å². The van der Waals surface area contributed by atoms with Gasteiger partial charge >= 0.3 is 35.5 Å². The number of imide groups is 1. The van der Waals surface area contributed by atoms with Gasteiger partial charge in [0, 0.05) is 19.0 Å². The zero-order chi connectivity index (χ0) is 27.4. The molecule has 1 atom stereocenters. The van der Waals surface area contributed by atoms with Gasteiger partial charge in [-0.25, -0.2) is 4.79 Å². The Morgan fingerprint density at radius 3 is 2.26 bits per heavy atom. The fraction of sp³-hybridized carbons (Fsp3) is 0.609. The summed E-state index contributed by atoms with van der Waals surface area (Å²) in [5, 5.41) is 21.7. The molecule has 0 bridgehead atoms. The summed E-state index contributed by atoms with van der Waals surface area (Å²) in [6.45, 7) is 0.990. The van der Waals surface area contributed by atoms with E-state index in [0.29, 0.717) is 18.5 Å². The molecule has 1 saturated heterocycles. The number of nitrogens with zero attached hydrogens (tertiary/aromatic N) is 2. The summed E-state index contributed by atoms with van der Waals surface area (Å²) in [6, 6.07) is 4.72. The maximum atomic E-state index is 11.8. The Kier molecular flexibility index (Phi) is 15.2. The summed E-state index contributed by atoms with van der Waals surface area (Å²) in [4.78, 5) is 50.4. The fourth-order valence-corrected chi connectivity index (χ4v) is 4.63. The Labute approximate surface area is 243 Å². The summed E-state index contributed by atoms with van der Waals surface area (Å²) >= 11 is 0. The van der Waals surface area contributed by atoms with Crippen LogP contribution in [0.1, 0.15) is 75.3 Å². The van der Waals surface area contributed by atoms with Gasteiger partial charge in [-0.1, -0.05) is 44.6 Å². The Morgan fingerprint density at radius 2 is 1.71 bits per heavy atom. The minimum atomic E-state index is -4.74. The van der Waals surface area contributed by atoms with Gasteiger partial charge in [-0.05, 0) is 31.0 Å². The molecule has 13 nitrogen and oxygen atoms in total. The van der Waals surface area contributed by atoms with Crippen LogP contribution in [0.4, 0.5) is 5.69 Å². The number of nitro groups is 1. The molecule has 38 heavy (non-hydrogen) atoms. The molecule has 0 aliphatic carbocycles. The molecule has 1 unspecified atom stereocenters. The first kappa shape index (κ1) is 34.1. The quantitative estimate of drug-likeness (QED) is 0.0617. The van der Waals surface area contributed by atoms with Gasteiger partial charge in [0.05, 0.1) is 23.5 Å². The van der Waals surface area contributed by atoms with Crippen LogP contribution in [0, 0.1) is 10.1 Å². The number of nitrogens with one attached hydrogen (secondary N) is 1. The van der Waals surface area contributed by atoms with Crippen molar-refractivity contribution in [1.82, 2.24) is 10.4 Å². The van der Waals surface area contributed by atoms with Crippen molar-refractivity contribution in [2.45, 2.75) is 82.6 Å². The number of amides is 2. The van der Waals surface area contributed by atoms with E-state index in [1.54, 1.807) is 12.1 Å². The van der Waals surface area contributed by atoms with E-state index < -0.39 is 44.5 Å². The van der Waals surface area contributed by atoms with Crippen LogP contribution in [0.2, 0.25) is 0 Å². The molecule has 0 aromatic heterocycles. The van der Waals surface area contributed by atoms with Gasteiger partial charge in [0.25, 0.3) is 27.6 Å². The van der Waals surface area contributed by atoms with Crippen molar-refractivity contribution < 1.29 is 42.2 Å². The topological polar surface area (TPSA) is 193 Å². The number of hydroxylamine groups is 2. The fourth-order valence-electron chi connectivity index (χ4n) is 3.92. The van der Waals surface area contributed by atoms with Gasteiger partial charge in [-0.3, -0.25) is 24.3 Å². The number of hydrogen-bond donors (Lipinski definition) is 3. The van der Waals surface area contributed by atoms with Crippen LogP contribution in [-0.4, -0.2) is 87.2 Å². The third-order valence-electron chi connectivity index (χ3n) is 5.94. The standard InChI is InChI=1S/C23H33N3O10S.Na.H/c27-16-18-13-17(10-11-19(18)26(31)32)15-24-12-8-6-4-2-1-3-5-7-9-22(29)36-25-21(28)14-20(23(25)30)37(33,34)35;;/h10-11,13,20,24,27H,1-9,12,14-16H2,(H,33,34,35);;. The minimum absolute atomic E-state index is 0. The number of carbonyl (C=O) groups excluding carboxylic acids is 3. The van der Waals surface area contributed by atoms with Crippen LogP contribution in [0.15, 0.2) is 18.2 Å². The number of carbonyl (C=O) groups is 3. The van der Waals surface area contributed by atoms with E-state index >= 15 is 0 Å². The van der Waals surface area contributed by atoms with Gasteiger partial charge in [0.1, 0.15) is 0 Å². The Bertz CT molecular complexity index is 1080. The van der Waals surface area contributed by atoms with Gasteiger partial charge in [-0.2, -0.15) is 8.42 Å². The second-order valence-electron chi connectivity index (χ2n) is 8.83. The summed E-state index contributed by atoms with van der Waals surface area (Å²) in [5.41, 5.74) is 1.09. The molecule has 2 rings (SSSR count). The predicted molar refractivity (Wildman–Crippen MR) is 137 cm³/mol. The second-order valence-corrected chi connectivity index (χ2v) is 10.4. The van der Waals surface area contributed by atoms with E-state index in [9.17, 15) is 38.0 Å². The van der Waals surface area contributed by atoms with Crippen molar-refractivity contribution in [3.05, 3.63) is 39.4 Å². The van der Waals surface area contributed by atoms with Crippen LogP contribution in [0.5, 0.6) is 0 Å². The second kappa shape index (κ2) is 16.9. The van der Waals surface area contributed by atoms with E-state index in [0.717, 1.165) is 57.1 Å². The molecular weight excluding hydrogens is 533 g/mol. The van der Waals surface area contributed by atoms with Crippen molar-refractivity contribution in [2.75, 3.05) is 6.54 Å². The predicted octanol–water partition coefficient (Wildman–Crippen LogP) is 1.51. The SMILES string of the molecule is O=C(CCCCCCCCCCNCc1ccc([N+](=O)[O-])c(CO)c1)ON1C(=O)CC(S(=O)(=O)O)C1=O.[NaH]. The van der Waals surface area contributed by atoms with Crippen molar-refractivity contribution >= 4 is 63.1 Å². The number of nitro benzene ring substituents is 1. The third kappa shape index (κ3) is 11.0. The van der Waals surface area contributed by atoms with E-state index in [1.165, 1.54) is 6.07 Å². The van der Waals surface area contributed by atoms with Gasteiger partial charge in [-0.15, -0.1) is 5.06 Å². The number of aliphatic hydroxyl groups excluding tert-OH is 1. The molecule has 1 aromatic carbocycles. The summed E-state index contributed by atoms with van der Waals surface area (Å²) < 4.78 is 31.1. The molecule has 0 saturated carbocycles. The molecule has 1 fully saturated rings. The number of aliphatic hydroxyl groups is 1. The number of hydrogen-bond acceptors (Lipinski definition) is 10. The average Bonchev–Trinajstić information content (AvgIpc) is 3.13. The molecule has 1 aromatic rings. The average molecular weight is 568 g/mol. The normalized spacial score (nSPS) is 15.4. The van der Waals surface area contributed by atoms with Gasteiger partial charge < -0.3 is 15.3 Å². The van der Waals surface area contributed by atoms with Gasteiger partial charge in [0.2, 0.25) is 0 Å². The number of rotatable bonds is 17. The first-order valence-corrected chi connectivity index (χ1v) is 13.7. The van der Waals surface area contributed by atoms with Crippen LogP contribution in [0.3, 0.4) is 0 Å². The maximum absolute atomic E-state index is 11.8. The summed E-state index contributed by atoms with van der Waals surface area (Å²) in [6.07, 6.45) is 6.52. The zero-order valence-electron chi connectivity index (χ0n) is 20.5. The third-order valence-corrected chi connectivity index (χ3v) is 7.03. The molecular formula is C23H34N3NaO10S. The van der Waals surface area contributed by atoms with Crippen LogP contribution >= 0.6 is 0 Å². The Hall–Kier alpha value is -1.94. The molecule has 1 aliphatic heterocycles. The van der Waals surface area contributed by atoms with E-state index in [1.807, 2.05) is 0 Å². The first-order valence-electron chi connectivity index (χ1n) is 12.2. The van der Waals surface area contributed by atoms with Crippen molar-refractivity contribution in [3.63, 3.8) is 0 Å². The van der Waals surface area contributed by atoms with Crippen molar-refractivity contribution in [2.24, 2.45) is 0 Å². The molecule has 3 N–H and O–H groups in total. The van der Waals surface area contributed by atoms with E-state index in [4.69, 9.17) is 4.55 Å². The van der Waals surface area contributed by atoms with E-state index in [-0.39, 0.29) is 53.3 Å². The summed E-state index contributed by atoms with van der Waals surface area (Å²) in [7, 11) is -4.74. The van der Waals surface area contributed by atoms with Crippen LogP contribution in [-0.2, 0) is 42.5 Å². The van der Waals surface area contributed by atoms with Crippen molar-refractivity contribution in [1.29, 1.82) is 0 Å². The first-order chi connectivity index (χ1) is 17.5. The monoisotopic (exact) mass is 567 g/mol. The molecule has 2 amide bonds. The molecule has 0 spiro atoms. The Balaban J connectivity index is 0.00000722. The van der Waals surface area contributed by atoms with Gasteiger partial charge in [0.15, 0.2) is 5.25 Å². The van der Waals surface area contributed by atoms with Crippen LogP contribution < -0.4 is 5.32 Å².